The van der Waals surface area contributed by atoms with Gasteiger partial charge in [0, 0.05) is 30.2 Å². The maximum Gasteiger partial charge on any atom is 0.227 e. The molecular formula is C16H18N2O. The third-order valence-electron chi connectivity index (χ3n) is 3.07. The summed E-state index contributed by atoms with van der Waals surface area (Å²) in [5, 5.41) is 1.10. The Morgan fingerprint density at radius 3 is 2.58 bits per heavy atom. The van der Waals surface area contributed by atoms with E-state index in [-0.39, 0.29) is 5.91 Å². The molecule has 2 aromatic rings. The molecule has 0 unspecified atom stereocenters. The Morgan fingerprint density at radius 1 is 1.21 bits per heavy atom. The van der Waals surface area contributed by atoms with Gasteiger partial charge in [0.2, 0.25) is 5.91 Å². The van der Waals surface area contributed by atoms with Gasteiger partial charge in [-0.2, -0.15) is 0 Å². The molecule has 98 valence electrons. The van der Waals surface area contributed by atoms with Crippen LogP contribution in [-0.4, -0.2) is 28.9 Å². The highest BCUT2D eigenvalue weighted by Crippen LogP contribution is 2.18. The van der Waals surface area contributed by atoms with E-state index in [4.69, 9.17) is 0 Å². The van der Waals surface area contributed by atoms with Crippen molar-refractivity contribution in [1.82, 2.24) is 9.88 Å². The highest BCUT2D eigenvalue weighted by molar-refractivity contribution is 5.88. The van der Waals surface area contributed by atoms with Gasteiger partial charge in [-0.1, -0.05) is 30.4 Å². The molecule has 19 heavy (non-hydrogen) atoms. The first kappa shape index (κ1) is 13.1. The number of carbonyl (C=O) groups is 1. The quantitative estimate of drug-likeness (QED) is 0.790. The predicted molar refractivity (Wildman–Crippen MR) is 79.0 cm³/mol. The van der Waals surface area contributed by atoms with E-state index in [9.17, 15) is 4.79 Å². The topological polar surface area (TPSA) is 36.1 Å². The number of nitrogens with zero attached hydrogens (tertiary/aromatic N) is 1. The number of benzene rings is 1. The number of para-hydroxylation sites is 1. The van der Waals surface area contributed by atoms with Crippen molar-refractivity contribution in [3.8, 4) is 0 Å². The molecule has 0 bridgehead atoms. The van der Waals surface area contributed by atoms with E-state index in [1.54, 1.807) is 17.1 Å². The summed E-state index contributed by atoms with van der Waals surface area (Å²) in [4.78, 5) is 17.2. The van der Waals surface area contributed by atoms with Gasteiger partial charge in [-0.25, -0.2) is 0 Å². The van der Waals surface area contributed by atoms with E-state index in [0.717, 1.165) is 16.5 Å². The molecule has 1 aromatic heterocycles. The van der Waals surface area contributed by atoms with Crippen molar-refractivity contribution in [2.75, 3.05) is 13.1 Å². The molecule has 0 radical (unpaired) electrons. The molecule has 1 aromatic carbocycles. The molecule has 0 spiro atoms. The Hall–Kier alpha value is -2.29. The standard InChI is InChI=1S/C16H18N2O/c1-3-9-18(10-4-2)16(19)11-13-12-17-15-8-6-5-7-14(13)15/h3-8,12,17H,1-2,9-11H2. The fourth-order valence-corrected chi connectivity index (χ4v) is 2.14. The van der Waals surface area contributed by atoms with Crippen LogP contribution in [-0.2, 0) is 11.2 Å². The number of fused-ring (bicyclic) bond motifs is 1. The number of aromatic nitrogens is 1. The van der Waals surface area contributed by atoms with E-state index < -0.39 is 0 Å². The zero-order valence-electron chi connectivity index (χ0n) is 10.9. The zero-order valence-corrected chi connectivity index (χ0v) is 10.9. The lowest BCUT2D eigenvalue weighted by Gasteiger charge is -2.19. The first-order valence-corrected chi connectivity index (χ1v) is 6.30. The summed E-state index contributed by atoms with van der Waals surface area (Å²) in [6, 6.07) is 8.00. The Bertz CT molecular complexity index is 588. The van der Waals surface area contributed by atoms with Gasteiger partial charge in [0.05, 0.1) is 6.42 Å². The van der Waals surface area contributed by atoms with Crippen LogP contribution >= 0.6 is 0 Å². The van der Waals surface area contributed by atoms with Crippen LogP contribution in [0.2, 0.25) is 0 Å². The summed E-state index contributed by atoms with van der Waals surface area (Å²) in [6.07, 6.45) is 5.77. The fraction of sp³-hybridized carbons (Fsp3) is 0.188. The molecule has 0 atom stereocenters. The van der Waals surface area contributed by atoms with Crippen LogP contribution in [0.4, 0.5) is 0 Å². The van der Waals surface area contributed by atoms with E-state index in [1.165, 1.54) is 0 Å². The average molecular weight is 254 g/mol. The Morgan fingerprint density at radius 2 is 1.89 bits per heavy atom. The van der Waals surface area contributed by atoms with Crippen LogP contribution in [0.5, 0.6) is 0 Å². The van der Waals surface area contributed by atoms with Crippen LogP contribution in [0.25, 0.3) is 10.9 Å². The van der Waals surface area contributed by atoms with Crippen molar-refractivity contribution in [3.63, 3.8) is 0 Å². The molecule has 0 aliphatic carbocycles. The van der Waals surface area contributed by atoms with Crippen LogP contribution in [0.15, 0.2) is 55.8 Å². The monoisotopic (exact) mass is 254 g/mol. The number of H-pyrrole nitrogens is 1. The van der Waals surface area contributed by atoms with Crippen LogP contribution in [0.1, 0.15) is 5.56 Å². The van der Waals surface area contributed by atoms with E-state index >= 15 is 0 Å². The Labute approximate surface area is 113 Å². The Kier molecular flexibility index (Phi) is 4.18. The van der Waals surface area contributed by atoms with Gasteiger partial charge in [-0.3, -0.25) is 4.79 Å². The second-order valence-electron chi connectivity index (χ2n) is 4.41. The number of aromatic amines is 1. The normalized spacial score (nSPS) is 10.3. The molecule has 1 N–H and O–H groups in total. The van der Waals surface area contributed by atoms with Gasteiger partial charge in [0.1, 0.15) is 0 Å². The largest absolute Gasteiger partial charge is 0.361 e. The first-order valence-electron chi connectivity index (χ1n) is 6.30. The molecule has 3 heteroatoms. The summed E-state index contributed by atoms with van der Waals surface area (Å²) in [5.74, 6) is 0.0875. The zero-order chi connectivity index (χ0) is 13.7. The van der Waals surface area contributed by atoms with Crippen molar-refractivity contribution in [2.45, 2.75) is 6.42 Å². The molecule has 2 rings (SSSR count). The van der Waals surface area contributed by atoms with Crippen molar-refractivity contribution in [1.29, 1.82) is 0 Å². The number of nitrogens with one attached hydrogen (secondary N) is 1. The lowest BCUT2D eigenvalue weighted by atomic mass is 10.1. The molecule has 1 amide bonds. The minimum absolute atomic E-state index is 0.0875. The van der Waals surface area contributed by atoms with E-state index in [0.29, 0.717) is 19.5 Å². The summed E-state index contributed by atoms with van der Waals surface area (Å²) >= 11 is 0. The van der Waals surface area contributed by atoms with Crippen LogP contribution < -0.4 is 0 Å². The SMILES string of the molecule is C=CCN(CC=C)C(=O)Cc1c[nH]c2ccccc12. The maximum absolute atomic E-state index is 12.3. The molecule has 1 heterocycles. The minimum atomic E-state index is 0.0875. The lowest BCUT2D eigenvalue weighted by molar-refractivity contribution is -0.129. The summed E-state index contributed by atoms with van der Waals surface area (Å²) in [5.41, 5.74) is 2.09. The van der Waals surface area contributed by atoms with Crippen molar-refractivity contribution < 1.29 is 4.79 Å². The first-order chi connectivity index (χ1) is 9.26. The second kappa shape index (κ2) is 6.05. The molecule has 0 aliphatic rings. The summed E-state index contributed by atoms with van der Waals surface area (Å²) in [7, 11) is 0. The van der Waals surface area contributed by atoms with Crippen LogP contribution in [0.3, 0.4) is 0 Å². The molecular weight excluding hydrogens is 236 g/mol. The number of hydrogen-bond acceptors (Lipinski definition) is 1. The number of carbonyl (C=O) groups excluding carboxylic acids is 1. The van der Waals surface area contributed by atoms with Gasteiger partial charge >= 0.3 is 0 Å². The number of amides is 1. The molecule has 0 fully saturated rings. The molecule has 0 aliphatic heterocycles. The van der Waals surface area contributed by atoms with Gasteiger partial charge in [0.15, 0.2) is 0 Å². The summed E-state index contributed by atoms with van der Waals surface area (Å²) < 4.78 is 0. The lowest BCUT2D eigenvalue weighted by Crippen LogP contribution is -2.32. The highest BCUT2D eigenvalue weighted by atomic mass is 16.2. The second-order valence-corrected chi connectivity index (χ2v) is 4.41. The highest BCUT2D eigenvalue weighted by Gasteiger charge is 2.13. The Balaban J connectivity index is 2.17. The molecule has 0 saturated carbocycles. The van der Waals surface area contributed by atoms with Crippen molar-refractivity contribution in [2.24, 2.45) is 0 Å². The van der Waals surface area contributed by atoms with E-state index in [1.807, 2.05) is 30.5 Å². The van der Waals surface area contributed by atoms with E-state index in [2.05, 4.69) is 18.1 Å². The fourth-order valence-electron chi connectivity index (χ4n) is 2.14. The average Bonchev–Trinajstić information content (AvgIpc) is 2.82. The van der Waals surface area contributed by atoms with Gasteiger partial charge in [-0.05, 0) is 11.6 Å². The molecule has 0 saturated heterocycles. The van der Waals surface area contributed by atoms with Crippen molar-refractivity contribution >= 4 is 16.8 Å². The number of rotatable bonds is 6. The third kappa shape index (κ3) is 2.94. The van der Waals surface area contributed by atoms with Crippen LogP contribution in [0, 0.1) is 0 Å². The van der Waals surface area contributed by atoms with Gasteiger partial charge in [-0.15, -0.1) is 13.2 Å². The van der Waals surface area contributed by atoms with Gasteiger partial charge in [0.25, 0.3) is 0 Å². The summed E-state index contributed by atoms with van der Waals surface area (Å²) in [6.45, 7) is 8.45. The third-order valence-corrected chi connectivity index (χ3v) is 3.07. The molecule has 3 nitrogen and oxygen atoms in total. The minimum Gasteiger partial charge on any atom is -0.361 e. The van der Waals surface area contributed by atoms with Gasteiger partial charge < -0.3 is 9.88 Å². The van der Waals surface area contributed by atoms with Crippen molar-refractivity contribution in [3.05, 3.63) is 61.3 Å². The maximum atomic E-state index is 12.3. The predicted octanol–water partition coefficient (Wildman–Crippen LogP) is 2.91. The number of hydrogen-bond donors (Lipinski definition) is 1. The smallest absolute Gasteiger partial charge is 0.227 e.